The summed E-state index contributed by atoms with van der Waals surface area (Å²) in [5.41, 5.74) is 0.155. The van der Waals surface area contributed by atoms with Gasteiger partial charge < -0.3 is 14.2 Å². The van der Waals surface area contributed by atoms with Crippen LogP contribution in [0.15, 0.2) is 0 Å². The van der Waals surface area contributed by atoms with Crippen LogP contribution in [0, 0.1) is 45.3 Å². The van der Waals surface area contributed by atoms with Gasteiger partial charge in [0.25, 0.3) is 0 Å². The van der Waals surface area contributed by atoms with E-state index in [0.29, 0.717) is 34.5 Å². The number of carbonyl (C=O) groups excluding carboxylic acids is 2. The lowest BCUT2D eigenvalue weighted by atomic mass is 9.35. The van der Waals surface area contributed by atoms with Gasteiger partial charge in [0.15, 0.2) is 0 Å². The number of ether oxygens (including phenoxy) is 3. The molecule has 0 amide bonds. The first-order valence-corrected chi connectivity index (χ1v) is 16.0. The molecule has 4 saturated carbocycles. The number of carbonyl (C=O) groups is 2. The van der Waals surface area contributed by atoms with Gasteiger partial charge in [-0.05, 0) is 125 Å². The van der Waals surface area contributed by atoms with Gasteiger partial charge in [0.1, 0.15) is 11.7 Å². The molecule has 1 heterocycles. The fourth-order valence-corrected chi connectivity index (χ4v) is 11.9. The van der Waals surface area contributed by atoms with Crippen LogP contribution >= 0.6 is 0 Å². The molecule has 5 rings (SSSR count). The van der Waals surface area contributed by atoms with E-state index in [-0.39, 0.29) is 40.6 Å². The van der Waals surface area contributed by atoms with E-state index in [0.717, 1.165) is 25.7 Å². The molecule has 4 aliphatic carbocycles. The zero-order chi connectivity index (χ0) is 28.8. The van der Waals surface area contributed by atoms with Crippen molar-refractivity contribution in [3.8, 4) is 0 Å². The Kier molecular flexibility index (Phi) is 6.93. The summed E-state index contributed by atoms with van der Waals surface area (Å²) in [5.74, 6) is 2.15. The Morgan fingerprint density at radius 1 is 0.718 bits per heavy atom. The van der Waals surface area contributed by atoms with Crippen molar-refractivity contribution in [3.63, 3.8) is 0 Å². The van der Waals surface area contributed by atoms with Crippen LogP contribution in [0.4, 0.5) is 0 Å². The minimum atomic E-state index is -0.597. The molecule has 1 saturated heterocycles. The lowest BCUT2D eigenvalue weighted by Crippen LogP contribution is -2.64. The van der Waals surface area contributed by atoms with Crippen LogP contribution in [0.2, 0.25) is 0 Å². The third kappa shape index (κ3) is 4.24. The topological polar surface area (TPSA) is 61.8 Å². The molecular formula is C34H56O5. The van der Waals surface area contributed by atoms with Gasteiger partial charge in [-0.2, -0.15) is 0 Å². The van der Waals surface area contributed by atoms with Crippen molar-refractivity contribution in [3.05, 3.63) is 0 Å². The van der Waals surface area contributed by atoms with Gasteiger partial charge in [0.05, 0.1) is 11.7 Å². The third-order valence-electron chi connectivity index (χ3n) is 13.9. The number of fused-ring (bicyclic) bond motifs is 5. The maximum absolute atomic E-state index is 11.9. The molecule has 39 heavy (non-hydrogen) atoms. The first-order chi connectivity index (χ1) is 17.9. The number of hydrogen-bond acceptors (Lipinski definition) is 5. The van der Waals surface area contributed by atoms with Gasteiger partial charge in [-0.1, -0.05) is 34.6 Å². The molecule has 10 atom stereocenters. The van der Waals surface area contributed by atoms with Gasteiger partial charge in [0.2, 0.25) is 0 Å². The lowest BCUT2D eigenvalue weighted by Gasteiger charge is -2.70. The maximum atomic E-state index is 11.9. The van der Waals surface area contributed by atoms with Crippen molar-refractivity contribution in [2.24, 2.45) is 45.3 Å². The van der Waals surface area contributed by atoms with Crippen LogP contribution in [-0.2, 0) is 23.8 Å². The van der Waals surface area contributed by atoms with Gasteiger partial charge in [0, 0.05) is 19.3 Å². The van der Waals surface area contributed by atoms with Crippen molar-refractivity contribution < 1.29 is 23.8 Å². The summed E-state index contributed by atoms with van der Waals surface area (Å²) < 4.78 is 18.5. The zero-order valence-electron chi connectivity index (χ0n) is 26.6. The van der Waals surface area contributed by atoms with Crippen molar-refractivity contribution in [1.82, 2.24) is 0 Å². The third-order valence-corrected chi connectivity index (χ3v) is 13.9. The van der Waals surface area contributed by atoms with Crippen molar-refractivity contribution in [2.75, 3.05) is 0 Å². The van der Waals surface area contributed by atoms with Crippen LogP contribution in [-0.4, -0.2) is 35.3 Å². The molecule has 0 radical (unpaired) electrons. The predicted octanol–water partition coefficient (Wildman–Crippen LogP) is 7.88. The van der Waals surface area contributed by atoms with Gasteiger partial charge in [-0.3, -0.25) is 9.59 Å². The standard InChI is InChI=1S/C34H56O5/c1-21(35)37-27-15-17-31(7)25(29(27,3)4)14-19-33(9)26(31)12-11-23-24(13-18-32(23,33)8)34(10)20-16-28(39-34)30(5,6)38-22(2)36/h23-28H,11-20H2,1-10H3. The van der Waals surface area contributed by atoms with E-state index in [1.807, 2.05) is 13.8 Å². The fraction of sp³-hybridized carbons (Fsp3) is 0.941. The smallest absolute Gasteiger partial charge is 0.303 e. The molecule has 0 aromatic heterocycles. The normalized spacial score (nSPS) is 49.0. The minimum Gasteiger partial charge on any atom is -0.462 e. The molecule has 5 nitrogen and oxygen atoms in total. The van der Waals surface area contributed by atoms with E-state index in [9.17, 15) is 9.59 Å². The molecule has 0 aromatic carbocycles. The van der Waals surface area contributed by atoms with E-state index in [4.69, 9.17) is 14.2 Å². The summed E-state index contributed by atoms with van der Waals surface area (Å²) in [6.07, 6.45) is 11.7. The average molecular weight is 545 g/mol. The highest BCUT2D eigenvalue weighted by Crippen LogP contribution is 2.76. The molecule has 5 aliphatic rings. The second-order valence-corrected chi connectivity index (χ2v) is 16.4. The first-order valence-electron chi connectivity index (χ1n) is 16.0. The summed E-state index contributed by atoms with van der Waals surface area (Å²) in [5, 5.41) is 0. The largest absolute Gasteiger partial charge is 0.462 e. The molecule has 0 aromatic rings. The van der Waals surface area contributed by atoms with Crippen LogP contribution in [0.5, 0.6) is 0 Å². The Bertz CT molecular complexity index is 1000. The molecule has 1 aliphatic heterocycles. The van der Waals surface area contributed by atoms with Crippen molar-refractivity contribution in [2.45, 2.75) is 157 Å². The molecule has 0 spiro atoms. The Morgan fingerprint density at radius 3 is 2.03 bits per heavy atom. The maximum Gasteiger partial charge on any atom is 0.303 e. The quantitative estimate of drug-likeness (QED) is 0.337. The van der Waals surface area contributed by atoms with Crippen LogP contribution in [0.1, 0.15) is 133 Å². The predicted molar refractivity (Wildman–Crippen MR) is 153 cm³/mol. The highest BCUT2D eigenvalue weighted by molar-refractivity contribution is 5.66. The summed E-state index contributed by atoms with van der Waals surface area (Å²) in [6.45, 7) is 22.1. The van der Waals surface area contributed by atoms with E-state index in [1.54, 1.807) is 6.92 Å². The van der Waals surface area contributed by atoms with E-state index < -0.39 is 5.60 Å². The molecule has 0 N–H and O–H groups in total. The van der Waals surface area contributed by atoms with E-state index in [2.05, 4.69) is 41.5 Å². The van der Waals surface area contributed by atoms with E-state index in [1.165, 1.54) is 45.4 Å². The highest BCUT2D eigenvalue weighted by atomic mass is 16.6. The minimum absolute atomic E-state index is 0.00485. The monoisotopic (exact) mass is 544 g/mol. The van der Waals surface area contributed by atoms with Crippen molar-refractivity contribution >= 4 is 11.9 Å². The summed E-state index contributed by atoms with van der Waals surface area (Å²) in [4.78, 5) is 23.7. The van der Waals surface area contributed by atoms with E-state index >= 15 is 0 Å². The van der Waals surface area contributed by atoms with Crippen molar-refractivity contribution in [1.29, 1.82) is 0 Å². The average Bonchev–Trinajstić information content (AvgIpc) is 3.37. The Morgan fingerprint density at radius 2 is 1.38 bits per heavy atom. The lowest BCUT2D eigenvalue weighted by molar-refractivity contribution is -0.231. The second kappa shape index (κ2) is 9.20. The summed E-state index contributed by atoms with van der Waals surface area (Å²) in [7, 11) is 0. The summed E-state index contributed by atoms with van der Waals surface area (Å²) >= 11 is 0. The SMILES string of the molecule is CC(=O)OC1CCC2(C)C(CCC3(C)C2CCC2C(C4(C)CCC(C(C)(C)OC(C)=O)O4)CCC23C)C1(C)C. The highest BCUT2D eigenvalue weighted by Gasteiger charge is 2.70. The molecule has 0 bridgehead atoms. The fourth-order valence-electron chi connectivity index (χ4n) is 11.9. The second-order valence-electron chi connectivity index (χ2n) is 16.4. The molecule has 5 fully saturated rings. The molecule has 10 unspecified atom stereocenters. The number of hydrogen-bond donors (Lipinski definition) is 0. The van der Waals surface area contributed by atoms with Crippen LogP contribution in [0.25, 0.3) is 0 Å². The summed E-state index contributed by atoms with van der Waals surface area (Å²) in [6, 6.07) is 0. The molecule has 222 valence electrons. The Balaban J connectivity index is 1.38. The molecular weight excluding hydrogens is 488 g/mol. The first kappa shape index (κ1) is 29.4. The zero-order valence-corrected chi connectivity index (χ0v) is 26.6. The van der Waals surface area contributed by atoms with Gasteiger partial charge in [-0.15, -0.1) is 0 Å². The van der Waals surface area contributed by atoms with Crippen LogP contribution in [0.3, 0.4) is 0 Å². The molecule has 5 heteroatoms. The van der Waals surface area contributed by atoms with Crippen LogP contribution < -0.4 is 0 Å². The number of rotatable bonds is 4. The number of esters is 2. The Hall–Kier alpha value is -1.10. The van der Waals surface area contributed by atoms with Gasteiger partial charge >= 0.3 is 11.9 Å². The Labute approximate surface area is 237 Å². The van der Waals surface area contributed by atoms with Gasteiger partial charge in [-0.25, -0.2) is 0 Å².